The van der Waals surface area contributed by atoms with Crippen LogP contribution in [-0.2, 0) is 10.0 Å². The second-order valence-corrected chi connectivity index (χ2v) is 6.69. The SMILES string of the molecule is NNc1ccncc1S(=O)(=O)Nc1ccc(Cl)cc1Br. The summed E-state index contributed by atoms with van der Waals surface area (Å²) in [5.74, 6) is 5.29. The number of sulfonamides is 1. The third-order valence-corrected chi connectivity index (χ3v) is 4.69. The molecule has 0 unspecified atom stereocenters. The second-order valence-electron chi connectivity index (χ2n) is 3.75. The Balaban J connectivity index is 2.41. The fraction of sp³-hybridized carbons (Fsp3) is 0. The normalized spacial score (nSPS) is 11.2. The Morgan fingerprint density at radius 3 is 2.65 bits per heavy atom. The number of rotatable bonds is 4. The molecule has 0 saturated heterocycles. The van der Waals surface area contributed by atoms with E-state index in [1.807, 2.05) is 0 Å². The number of pyridine rings is 1. The highest BCUT2D eigenvalue weighted by Crippen LogP contribution is 2.29. The Morgan fingerprint density at radius 1 is 1.25 bits per heavy atom. The molecule has 20 heavy (non-hydrogen) atoms. The van der Waals surface area contributed by atoms with E-state index in [9.17, 15) is 8.42 Å². The molecular formula is C11H10BrClN4O2S. The first-order chi connectivity index (χ1) is 9.44. The maximum atomic E-state index is 12.3. The van der Waals surface area contributed by atoms with Gasteiger partial charge in [0, 0.05) is 21.9 Å². The highest BCUT2D eigenvalue weighted by Gasteiger charge is 2.19. The van der Waals surface area contributed by atoms with Crippen LogP contribution in [0.4, 0.5) is 11.4 Å². The molecule has 0 atom stereocenters. The number of hydrogen-bond donors (Lipinski definition) is 3. The van der Waals surface area contributed by atoms with Crippen molar-refractivity contribution in [3.8, 4) is 0 Å². The quantitative estimate of drug-likeness (QED) is 0.562. The lowest BCUT2D eigenvalue weighted by Crippen LogP contribution is -2.18. The summed E-state index contributed by atoms with van der Waals surface area (Å²) in [7, 11) is -3.82. The standard InChI is InChI=1S/C11H10BrClN4O2S/c12-8-5-7(13)1-2-9(8)17-20(18,19)11-6-15-4-3-10(11)16-14/h1-6,17H,14H2,(H,15,16). The Morgan fingerprint density at radius 2 is 2.00 bits per heavy atom. The Labute approximate surface area is 129 Å². The van der Waals surface area contributed by atoms with Crippen LogP contribution in [0, 0.1) is 0 Å². The summed E-state index contributed by atoms with van der Waals surface area (Å²) in [5.41, 5.74) is 2.93. The van der Waals surface area contributed by atoms with Gasteiger partial charge in [-0.1, -0.05) is 11.6 Å². The van der Waals surface area contributed by atoms with Crippen molar-refractivity contribution in [2.75, 3.05) is 10.1 Å². The molecule has 6 nitrogen and oxygen atoms in total. The van der Waals surface area contributed by atoms with Crippen LogP contribution in [0.3, 0.4) is 0 Å². The number of anilines is 2. The average Bonchev–Trinajstić information content (AvgIpc) is 2.42. The van der Waals surface area contributed by atoms with E-state index >= 15 is 0 Å². The lowest BCUT2D eigenvalue weighted by molar-refractivity contribution is 0.601. The fourth-order valence-corrected chi connectivity index (χ4v) is 3.59. The second kappa shape index (κ2) is 5.96. The summed E-state index contributed by atoms with van der Waals surface area (Å²) in [6, 6.07) is 6.18. The van der Waals surface area contributed by atoms with Crippen molar-refractivity contribution in [1.29, 1.82) is 0 Å². The predicted octanol–water partition coefficient (Wildman–Crippen LogP) is 2.58. The Bertz CT molecular complexity index is 739. The summed E-state index contributed by atoms with van der Waals surface area (Å²) in [5, 5.41) is 0.491. The van der Waals surface area contributed by atoms with Gasteiger partial charge in [0.25, 0.3) is 10.0 Å². The van der Waals surface area contributed by atoms with Crippen LogP contribution in [0.5, 0.6) is 0 Å². The molecule has 2 rings (SSSR count). The van der Waals surface area contributed by atoms with Crippen LogP contribution < -0.4 is 16.0 Å². The zero-order chi connectivity index (χ0) is 14.8. The number of benzene rings is 1. The lowest BCUT2D eigenvalue weighted by Gasteiger charge is -2.12. The van der Waals surface area contributed by atoms with E-state index in [1.165, 1.54) is 18.5 Å². The van der Waals surface area contributed by atoms with Gasteiger partial charge in [0.15, 0.2) is 0 Å². The minimum Gasteiger partial charge on any atom is -0.323 e. The van der Waals surface area contributed by atoms with Gasteiger partial charge in [0.1, 0.15) is 4.90 Å². The first kappa shape index (κ1) is 15.0. The van der Waals surface area contributed by atoms with Crippen molar-refractivity contribution in [3.63, 3.8) is 0 Å². The van der Waals surface area contributed by atoms with Gasteiger partial charge in [-0.3, -0.25) is 15.5 Å². The molecule has 0 bridgehead atoms. The molecule has 2 aromatic rings. The van der Waals surface area contributed by atoms with Crippen molar-refractivity contribution in [3.05, 3.63) is 46.2 Å². The summed E-state index contributed by atoms with van der Waals surface area (Å²) in [6.45, 7) is 0. The van der Waals surface area contributed by atoms with Crippen LogP contribution in [0.2, 0.25) is 5.02 Å². The van der Waals surface area contributed by atoms with E-state index in [4.69, 9.17) is 17.4 Å². The van der Waals surface area contributed by atoms with Gasteiger partial charge in [-0.15, -0.1) is 0 Å². The van der Waals surface area contributed by atoms with Gasteiger partial charge in [-0.05, 0) is 40.2 Å². The molecule has 4 N–H and O–H groups in total. The number of halogens is 2. The van der Waals surface area contributed by atoms with Gasteiger partial charge in [0.2, 0.25) is 0 Å². The summed E-state index contributed by atoms with van der Waals surface area (Å²) in [6.07, 6.45) is 2.65. The number of nitrogens with one attached hydrogen (secondary N) is 2. The van der Waals surface area contributed by atoms with Crippen molar-refractivity contribution >= 4 is 48.9 Å². The molecule has 0 fully saturated rings. The van der Waals surface area contributed by atoms with Crippen LogP contribution in [-0.4, -0.2) is 13.4 Å². The van der Waals surface area contributed by atoms with Crippen LogP contribution in [0.25, 0.3) is 0 Å². The molecule has 0 saturated carbocycles. The highest BCUT2D eigenvalue weighted by molar-refractivity contribution is 9.10. The molecule has 1 heterocycles. The van der Waals surface area contributed by atoms with E-state index in [1.54, 1.807) is 18.2 Å². The summed E-state index contributed by atoms with van der Waals surface area (Å²) >= 11 is 9.05. The Hall–Kier alpha value is -1.35. The molecule has 106 valence electrons. The predicted molar refractivity (Wildman–Crippen MR) is 82.0 cm³/mol. The van der Waals surface area contributed by atoms with Crippen molar-refractivity contribution < 1.29 is 8.42 Å². The van der Waals surface area contributed by atoms with Crippen molar-refractivity contribution in [2.24, 2.45) is 5.84 Å². The maximum Gasteiger partial charge on any atom is 0.265 e. The van der Waals surface area contributed by atoms with Gasteiger partial charge in [0.05, 0.1) is 11.4 Å². The van der Waals surface area contributed by atoms with Crippen molar-refractivity contribution in [1.82, 2.24) is 4.98 Å². The topological polar surface area (TPSA) is 97.1 Å². The van der Waals surface area contributed by atoms with Crippen LogP contribution in [0.15, 0.2) is 46.0 Å². The van der Waals surface area contributed by atoms with E-state index in [0.29, 0.717) is 15.2 Å². The number of nitrogens with zero attached hydrogens (tertiary/aromatic N) is 1. The van der Waals surface area contributed by atoms with Crippen LogP contribution in [0.1, 0.15) is 0 Å². The van der Waals surface area contributed by atoms with Gasteiger partial charge in [-0.2, -0.15) is 0 Å². The summed E-state index contributed by atoms with van der Waals surface area (Å²) in [4.78, 5) is 3.74. The molecule has 1 aromatic carbocycles. The first-order valence-corrected chi connectivity index (χ1v) is 7.98. The number of aromatic nitrogens is 1. The van der Waals surface area contributed by atoms with Gasteiger partial charge in [-0.25, -0.2) is 8.42 Å². The molecular weight excluding hydrogens is 368 g/mol. The minimum atomic E-state index is -3.82. The first-order valence-electron chi connectivity index (χ1n) is 5.32. The molecule has 0 spiro atoms. The zero-order valence-corrected chi connectivity index (χ0v) is 13.1. The van der Waals surface area contributed by atoms with Gasteiger partial charge < -0.3 is 5.43 Å². The molecule has 0 aliphatic heterocycles. The monoisotopic (exact) mass is 376 g/mol. The lowest BCUT2D eigenvalue weighted by atomic mass is 10.3. The molecule has 0 aliphatic carbocycles. The van der Waals surface area contributed by atoms with Crippen LogP contribution >= 0.6 is 27.5 Å². The van der Waals surface area contributed by atoms with Crippen molar-refractivity contribution in [2.45, 2.75) is 4.90 Å². The summed E-state index contributed by atoms with van der Waals surface area (Å²) < 4.78 is 27.6. The van der Waals surface area contributed by atoms with E-state index in [0.717, 1.165) is 0 Å². The average molecular weight is 378 g/mol. The Kier molecular flexibility index (Phi) is 4.48. The molecule has 0 aliphatic rings. The fourth-order valence-electron chi connectivity index (χ4n) is 1.49. The number of nitrogens with two attached hydrogens (primary N) is 1. The molecule has 0 radical (unpaired) electrons. The smallest absolute Gasteiger partial charge is 0.265 e. The van der Waals surface area contributed by atoms with E-state index < -0.39 is 10.0 Å². The highest BCUT2D eigenvalue weighted by atomic mass is 79.9. The zero-order valence-electron chi connectivity index (χ0n) is 9.97. The molecule has 0 amide bonds. The number of hydrogen-bond acceptors (Lipinski definition) is 5. The van der Waals surface area contributed by atoms with E-state index in [-0.39, 0.29) is 10.6 Å². The third kappa shape index (κ3) is 3.21. The minimum absolute atomic E-state index is 0.0515. The largest absolute Gasteiger partial charge is 0.323 e. The van der Waals surface area contributed by atoms with E-state index in [2.05, 4.69) is 31.1 Å². The third-order valence-electron chi connectivity index (χ3n) is 2.40. The number of nitrogen functional groups attached to an aromatic ring is 1. The molecule has 1 aromatic heterocycles. The maximum absolute atomic E-state index is 12.3. The molecule has 9 heteroatoms. The number of hydrazine groups is 1. The van der Waals surface area contributed by atoms with Gasteiger partial charge >= 0.3 is 0 Å².